The minimum absolute atomic E-state index is 0.214. The Kier molecular flexibility index (Phi) is 5.97. The number of amides is 3. The molecule has 9 nitrogen and oxygen atoms in total. The Hall–Kier alpha value is -4.53. The molecule has 0 aliphatic carbocycles. The maximum absolute atomic E-state index is 13.1. The van der Waals surface area contributed by atoms with Crippen LogP contribution in [-0.4, -0.2) is 41.4 Å². The van der Waals surface area contributed by atoms with Gasteiger partial charge in [0, 0.05) is 5.69 Å². The van der Waals surface area contributed by atoms with Gasteiger partial charge in [0.05, 0.1) is 5.69 Å². The molecule has 0 radical (unpaired) electrons. The van der Waals surface area contributed by atoms with Gasteiger partial charge in [-0.1, -0.05) is 42.5 Å². The third-order valence-electron chi connectivity index (χ3n) is 5.88. The molecule has 0 spiro atoms. The van der Waals surface area contributed by atoms with Crippen molar-refractivity contribution in [3.05, 3.63) is 84.4 Å². The van der Waals surface area contributed by atoms with Gasteiger partial charge in [0.1, 0.15) is 18.0 Å². The van der Waals surface area contributed by atoms with Gasteiger partial charge in [-0.2, -0.15) is 5.11 Å². The van der Waals surface area contributed by atoms with E-state index in [0.717, 1.165) is 16.9 Å². The lowest BCUT2D eigenvalue weighted by molar-refractivity contribution is -0.123. The minimum Gasteiger partial charge on any atom is -0.457 e. The van der Waals surface area contributed by atoms with E-state index in [1.807, 2.05) is 49.4 Å². The van der Waals surface area contributed by atoms with Crippen LogP contribution < -0.4 is 15.0 Å². The molecule has 3 aromatic rings. The molecule has 2 aliphatic heterocycles. The lowest BCUT2D eigenvalue weighted by Crippen LogP contribution is -2.43. The summed E-state index contributed by atoms with van der Waals surface area (Å²) >= 11 is 0. The molecule has 0 aromatic heterocycles. The number of anilines is 2. The molecule has 3 amide bonds. The number of imide groups is 1. The molecule has 0 bridgehead atoms. The van der Waals surface area contributed by atoms with E-state index in [-0.39, 0.29) is 12.5 Å². The Morgan fingerprint density at radius 2 is 1.60 bits per heavy atom. The minimum atomic E-state index is -0.949. The summed E-state index contributed by atoms with van der Waals surface area (Å²) in [4.78, 5) is 39.7. The predicted octanol–water partition coefficient (Wildman–Crippen LogP) is 3.97. The topological polar surface area (TPSA) is 104 Å². The normalized spacial score (nSPS) is 18.7. The molecule has 1 N–H and O–H groups in total. The lowest BCUT2D eigenvalue weighted by atomic mass is 10.1. The average molecular weight is 470 g/mol. The number of fused-ring (bicyclic) bond motifs is 1. The molecule has 2 aliphatic rings. The predicted molar refractivity (Wildman–Crippen MR) is 129 cm³/mol. The van der Waals surface area contributed by atoms with Gasteiger partial charge in [0.15, 0.2) is 12.1 Å². The van der Waals surface area contributed by atoms with Crippen LogP contribution in [0.15, 0.2) is 89.2 Å². The maximum Gasteiger partial charge on any atom is 0.263 e. The molecule has 0 unspecified atom stereocenters. The van der Waals surface area contributed by atoms with E-state index in [2.05, 4.69) is 15.7 Å². The summed E-state index contributed by atoms with van der Waals surface area (Å²) in [6.45, 7) is 1.82. The molecule has 2 heterocycles. The second kappa shape index (κ2) is 9.38. The number of nitrogens with one attached hydrogen (secondary N) is 1. The first kappa shape index (κ1) is 22.3. The van der Waals surface area contributed by atoms with Crippen molar-refractivity contribution in [2.24, 2.45) is 10.3 Å². The number of aryl methyl sites for hydroxylation is 1. The van der Waals surface area contributed by atoms with Crippen LogP contribution in [0.25, 0.3) is 0 Å². The van der Waals surface area contributed by atoms with Crippen molar-refractivity contribution < 1.29 is 19.1 Å². The molecule has 1 saturated heterocycles. The molecule has 9 heteroatoms. The highest BCUT2D eigenvalue weighted by atomic mass is 16.5. The van der Waals surface area contributed by atoms with E-state index in [1.54, 1.807) is 36.4 Å². The number of para-hydroxylation sites is 1. The van der Waals surface area contributed by atoms with Crippen molar-refractivity contribution in [2.45, 2.75) is 25.4 Å². The standard InChI is InChI=1S/C26H23N5O4/c1-2-17-8-12-19(13-9-17)31-25(33)23-24(26(31)34)30(29-28-23)16-22(32)27-18-10-14-21(15-11-18)35-20-6-4-3-5-7-20/h3-15,23-24H,2,16H2,1H3,(H,27,32)/t23-,24-/m1/s1. The summed E-state index contributed by atoms with van der Waals surface area (Å²) in [5.74, 6) is 0.0820. The zero-order valence-electron chi connectivity index (χ0n) is 19.0. The van der Waals surface area contributed by atoms with Crippen molar-refractivity contribution in [1.29, 1.82) is 0 Å². The van der Waals surface area contributed by atoms with Crippen molar-refractivity contribution in [3.8, 4) is 11.5 Å². The van der Waals surface area contributed by atoms with E-state index >= 15 is 0 Å². The quantitative estimate of drug-likeness (QED) is 0.528. The number of nitrogens with zero attached hydrogens (tertiary/aromatic N) is 4. The highest BCUT2D eigenvalue weighted by Gasteiger charge is 2.55. The molecule has 3 aromatic carbocycles. The molecule has 5 rings (SSSR count). The summed E-state index contributed by atoms with van der Waals surface area (Å²) in [5, 5.41) is 11.9. The van der Waals surface area contributed by atoms with Gasteiger partial charge < -0.3 is 10.1 Å². The Labute approximate surface area is 202 Å². The van der Waals surface area contributed by atoms with E-state index in [1.165, 1.54) is 5.01 Å². The molecule has 0 saturated carbocycles. The van der Waals surface area contributed by atoms with Gasteiger partial charge in [-0.3, -0.25) is 19.4 Å². The number of carbonyl (C=O) groups is 3. The van der Waals surface area contributed by atoms with Gasteiger partial charge in [-0.05, 0) is 60.5 Å². The number of hydrogen-bond acceptors (Lipinski definition) is 7. The Morgan fingerprint density at radius 1 is 0.914 bits per heavy atom. The van der Waals surface area contributed by atoms with Crippen molar-refractivity contribution in [1.82, 2.24) is 5.01 Å². The van der Waals surface area contributed by atoms with Gasteiger partial charge in [-0.15, -0.1) is 0 Å². The Balaban J connectivity index is 1.21. The van der Waals surface area contributed by atoms with Crippen LogP contribution in [0, 0.1) is 0 Å². The zero-order valence-corrected chi connectivity index (χ0v) is 19.0. The van der Waals surface area contributed by atoms with E-state index in [4.69, 9.17) is 4.74 Å². The van der Waals surface area contributed by atoms with E-state index < -0.39 is 23.9 Å². The summed E-state index contributed by atoms with van der Waals surface area (Å²) in [5.41, 5.74) is 2.16. The first-order chi connectivity index (χ1) is 17.0. The Bertz CT molecular complexity index is 1280. The zero-order chi connectivity index (χ0) is 24.4. The fourth-order valence-electron chi connectivity index (χ4n) is 4.07. The fourth-order valence-corrected chi connectivity index (χ4v) is 4.07. The number of ether oxygens (including phenoxy) is 1. The highest BCUT2D eigenvalue weighted by Crippen LogP contribution is 2.32. The first-order valence-corrected chi connectivity index (χ1v) is 11.3. The molecular formula is C26H23N5O4. The second-order valence-electron chi connectivity index (χ2n) is 8.21. The largest absolute Gasteiger partial charge is 0.457 e. The van der Waals surface area contributed by atoms with Crippen LogP contribution in [0.5, 0.6) is 11.5 Å². The van der Waals surface area contributed by atoms with Crippen molar-refractivity contribution >= 4 is 29.1 Å². The molecule has 176 valence electrons. The number of benzene rings is 3. The summed E-state index contributed by atoms with van der Waals surface area (Å²) < 4.78 is 5.75. The second-order valence-corrected chi connectivity index (χ2v) is 8.21. The smallest absolute Gasteiger partial charge is 0.263 e. The van der Waals surface area contributed by atoms with Gasteiger partial charge in [-0.25, -0.2) is 4.90 Å². The molecule has 35 heavy (non-hydrogen) atoms. The van der Waals surface area contributed by atoms with Crippen molar-refractivity contribution in [3.63, 3.8) is 0 Å². The highest BCUT2D eigenvalue weighted by molar-refractivity contribution is 6.25. The van der Waals surface area contributed by atoms with Crippen molar-refractivity contribution in [2.75, 3.05) is 16.8 Å². The van der Waals surface area contributed by atoms with Crippen LogP contribution in [0.2, 0.25) is 0 Å². The van der Waals surface area contributed by atoms with Crippen LogP contribution in [0.4, 0.5) is 11.4 Å². The fraction of sp³-hybridized carbons (Fsp3) is 0.192. The van der Waals surface area contributed by atoms with E-state index in [0.29, 0.717) is 22.9 Å². The summed E-state index contributed by atoms with van der Waals surface area (Å²) in [7, 11) is 0. The van der Waals surface area contributed by atoms with Gasteiger partial charge >= 0.3 is 0 Å². The third kappa shape index (κ3) is 4.48. The van der Waals surface area contributed by atoms with Gasteiger partial charge in [0.2, 0.25) is 5.91 Å². The molecule has 2 atom stereocenters. The number of carbonyl (C=O) groups excluding carboxylic acids is 3. The third-order valence-corrected chi connectivity index (χ3v) is 5.88. The van der Waals surface area contributed by atoms with Crippen LogP contribution >= 0.6 is 0 Å². The number of rotatable bonds is 7. The average Bonchev–Trinajstić information content (AvgIpc) is 3.40. The molecular weight excluding hydrogens is 446 g/mol. The lowest BCUT2D eigenvalue weighted by Gasteiger charge is -2.20. The summed E-state index contributed by atoms with van der Waals surface area (Å²) in [6, 6.07) is 21.7. The van der Waals surface area contributed by atoms with Crippen LogP contribution in [0.3, 0.4) is 0 Å². The van der Waals surface area contributed by atoms with Crippen LogP contribution in [-0.2, 0) is 20.8 Å². The SMILES string of the molecule is CCc1ccc(N2C(=O)[C@@H]3N=NN(CC(=O)Nc4ccc(Oc5ccccc5)cc4)[C@H]3C2=O)cc1. The van der Waals surface area contributed by atoms with E-state index in [9.17, 15) is 14.4 Å². The maximum atomic E-state index is 13.1. The van der Waals surface area contributed by atoms with Gasteiger partial charge in [0.25, 0.3) is 11.8 Å². The Morgan fingerprint density at radius 3 is 2.29 bits per heavy atom. The monoisotopic (exact) mass is 469 g/mol. The molecule has 1 fully saturated rings. The number of hydrogen-bond donors (Lipinski definition) is 1. The summed E-state index contributed by atoms with van der Waals surface area (Å²) in [6.07, 6.45) is 0.854. The first-order valence-electron chi connectivity index (χ1n) is 11.3. The van der Waals surface area contributed by atoms with Crippen LogP contribution in [0.1, 0.15) is 12.5 Å².